The van der Waals surface area contributed by atoms with Gasteiger partial charge >= 0.3 is 26.8 Å². The number of H-pyrrole nitrogens is 1. The molecule has 0 amide bonds. The Balaban J connectivity index is 3.49. The number of aromatic nitrogens is 3. The highest BCUT2D eigenvalue weighted by atomic mass is 27.1. The largest absolute Gasteiger partial charge is 0.406 e. The Hall–Kier alpha value is -0.728. The van der Waals surface area contributed by atoms with Crippen molar-refractivity contribution in [2.24, 2.45) is 7.05 Å². The number of hydrogen-bond donors (Lipinski definition) is 1. The molecule has 6 heteroatoms. The first-order valence-electron chi connectivity index (χ1n) is 3.02. The lowest BCUT2D eigenvalue weighted by Crippen LogP contribution is -2.30. The fourth-order valence-corrected chi connectivity index (χ4v) is 1.64. The summed E-state index contributed by atoms with van der Waals surface area (Å²) in [5.41, 5.74) is -0.527. The Morgan fingerprint density at radius 1 is 1.50 bits per heavy atom. The lowest BCUT2D eigenvalue weighted by Gasteiger charge is -1.85. The average Bonchev–Trinajstić information content (AvgIpc) is 2.09. The van der Waals surface area contributed by atoms with Crippen LogP contribution < -0.4 is 11.4 Å². The highest BCUT2D eigenvalue weighted by Crippen LogP contribution is 1.60. The van der Waals surface area contributed by atoms with Gasteiger partial charge in [0.05, 0.1) is 0 Å². The number of aryl methyl sites for hydroxylation is 1. The lowest BCUT2D eigenvalue weighted by molar-refractivity contribution is 0.725. The van der Waals surface area contributed by atoms with Gasteiger partial charge < -0.3 is 3.55 Å². The van der Waals surface area contributed by atoms with Crippen molar-refractivity contribution >= 4 is 15.4 Å². The van der Waals surface area contributed by atoms with Gasteiger partial charge in [0.25, 0.3) is 0 Å². The Kier molecular flexibility index (Phi) is 1.83. The van der Waals surface area contributed by atoms with Crippen molar-refractivity contribution in [3.63, 3.8) is 0 Å². The summed E-state index contributed by atoms with van der Waals surface area (Å²) in [5, 5.41) is 2.37. The van der Waals surface area contributed by atoms with E-state index in [1.165, 1.54) is 15.3 Å². The molecule has 0 fully saturated rings. The summed E-state index contributed by atoms with van der Waals surface area (Å²) in [5.74, 6) is 1.89. The number of hydrogen-bond acceptors (Lipinski definition) is 2. The number of nitrogens with one attached hydrogen (secondary N) is 1. The topological polar surface area (TPSA) is 59.8 Å². The zero-order valence-electron chi connectivity index (χ0n) is 5.92. The van der Waals surface area contributed by atoms with Crippen LogP contribution in [0.15, 0.2) is 9.59 Å². The van der Waals surface area contributed by atoms with E-state index < -0.39 is 15.4 Å². The zero-order chi connectivity index (χ0) is 7.72. The fraction of sp³-hybridized carbons (Fsp3) is 0.500. The maximum Gasteiger partial charge on any atom is 0.406 e. The maximum atomic E-state index is 11.0. The molecular formula is C4H8AlN3O2. The van der Waals surface area contributed by atoms with Gasteiger partial charge in [-0.2, -0.15) is 0 Å². The summed E-state index contributed by atoms with van der Waals surface area (Å²) < 4.78 is 2.46. The molecule has 0 bridgehead atoms. The van der Waals surface area contributed by atoms with E-state index in [4.69, 9.17) is 0 Å². The first-order valence-corrected chi connectivity index (χ1v) is 5.07. The molecule has 0 atom stereocenters. The first-order chi connectivity index (χ1) is 4.66. The van der Waals surface area contributed by atoms with E-state index in [9.17, 15) is 9.59 Å². The van der Waals surface area contributed by atoms with E-state index in [2.05, 4.69) is 5.10 Å². The van der Waals surface area contributed by atoms with Crippen LogP contribution in [0.5, 0.6) is 0 Å². The molecule has 0 spiro atoms. The third-order valence-electron chi connectivity index (χ3n) is 1.34. The molecular weight excluding hydrogens is 149 g/mol. The van der Waals surface area contributed by atoms with Crippen molar-refractivity contribution < 1.29 is 0 Å². The number of nitrogens with zero attached hydrogens (tertiary/aromatic N) is 2. The molecule has 0 radical (unpaired) electrons. The van der Waals surface area contributed by atoms with Crippen LogP contribution in [0.3, 0.4) is 0 Å². The molecule has 1 aromatic heterocycles. The van der Waals surface area contributed by atoms with Crippen LogP contribution in [0.1, 0.15) is 0 Å². The van der Waals surface area contributed by atoms with E-state index in [1.807, 2.05) is 5.79 Å². The summed E-state index contributed by atoms with van der Waals surface area (Å²) in [7, 11) is 1.53. The Labute approximate surface area is 63.2 Å². The summed E-state index contributed by atoms with van der Waals surface area (Å²) in [6, 6.07) is 0. The molecule has 1 heterocycles. The summed E-state index contributed by atoms with van der Waals surface area (Å²) >= 11 is -0.706. The third-order valence-corrected chi connectivity index (χ3v) is 2.53. The second kappa shape index (κ2) is 2.48. The van der Waals surface area contributed by atoms with Crippen molar-refractivity contribution in [3.05, 3.63) is 21.0 Å². The van der Waals surface area contributed by atoms with Crippen LogP contribution in [-0.4, -0.2) is 28.8 Å². The quantitative estimate of drug-likeness (QED) is 0.485. The van der Waals surface area contributed by atoms with Gasteiger partial charge in [-0.15, -0.1) is 0 Å². The third kappa shape index (κ3) is 0.959. The molecule has 0 aliphatic carbocycles. The molecule has 1 rings (SSSR count). The molecule has 0 aromatic carbocycles. The molecule has 0 aliphatic heterocycles. The summed E-state index contributed by atoms with van der Waals surface area (Å²) in [6.07, 6.45) is 0. The molecule has 5 nitrogen and oxygen atoms in total. The van der Waals surface area contributed by atoms with Crippen molar-refractivity contribution in [2.45, 2.75) is 5.79 Å². The standard InChI is InChI=1S/C3H5N3O2.CH3.Al.H/c1-6-3(8)4-2(7)5-6;;;/h1H3,(H2,4,5,7,8);1H3;;/q;;+1;/p-1. The molecule has 0 saturated carbocycles. The van der Waals surface area contributed by atoms with Gasteiger partial charge in [0.15, 0.2) is 0 Å². The van der Waals surface area contributed by atoms with Crippen LogP contribution >= 0.6 is 0 Å². The highest BCUT2D eigenvalue weighted by Gasteiger charge is 2.02. The lowest BCUT2D eigenvalue weighted by atomic mass is 11.2. The highest BCUT2D eigenvalue weighted by molar-refractivity contribution is 6.31. The molecule has 0 aliphatic rings. The second-order valence-corrected chi connectivity index (χ2v) is 3.27. The summed E-state index contributed by atoms with van der Waals surface area (Å²) in [4.78, 5) is 21.8. The first kappa shape index (κ1) is 7.38. The summed E-state index contributed by atoms with van der Waals surface area (Å²) in [6.45, 7) is 0. The molecule has 0 unspecified atom stereocenters. The molecule has 1 aromatic rings. The van der Waals surface area contributed by atoms with Crippen molar-refractivity contribution in [2.75, 3.05) is 0 Å². The fourth-order valence-electron chi connectivity index (χ4n) is 0.798. The Bertz CT molecular complexity index is 333. The normalized spacial score (nSPS) is 9.80. The van der Waals surface area contributed by atoms with Crippen molar-refractivity contribution in [1.82, 2.24) is 13.3 Å². The van der Waals surface area contributed by atoms with Gasteiger partial charge in [0.1, 0.15) is 0 Å². The van der Waals surface area contributed by atoms with Gasteiger partial charge in [0, 0.05) is 7.05 Å². The van der Waals surface area contributed by atoms with Gasteiger partial charge in [-0.3, -0.25) is 0 Å². The minimum absolute atomic E-state index is 0.237. The minimum atomic E-state index is -0.706. The van der Waals surface area contributed by atoms with Crippen LogP contribution in [0, 0.1) is 0 Å². The van der Waals surface area contributed by atoms with E-state index in [0.717, 1.165) is 0 Å². The molecule has 54 valence electrons. The van der Waals surface area contributed by atoms with Crippen LogP contribution in [-0.2, 0) is 7.05 Å². The Morgan fingerprint density at radius 3 is 2.30 bits per heavy atom. The van der Waals surface area contributed by atoms with Crippen LogP contribution in [0.4, 0.5) is 0 Å². The van der Waals surface area contributed by atoms with E-state index in [1.54, 1.807) is 0 Å². The molecule has 1 N–H and O–H groups in total. The molecule has 0 saturated heterocycles. The van der Waals surface area contributed by atoms with E-state index in [0.29, 0.717) is 0 Å². The average molecular weight is 157 g/mol. The van der Waals surface area contributed by atoms with Gasteiger partial charge in [-0.05, 0) is 0 Å². The number of aromatic amines is 1. The SMILES string of the molecule is [CH3][AlH][n]1c(=O)[nH]n(C)c1=O. The maximum absolute atomic E-state index is 11.0. The van der Waals surface area contributed by atoms with Gasteiger partial charge in [-0.25, -0.2) is 19.4 Å². The monoisotopic (exact) mass is 157 g/mol. The smallest absolute Gasteiger partial charge is 0.345 e. The van der Waals surface area contributed by atoms with Gasteiger partial charge in [-0.1, -0.05) is 5.79 Å². The van der Waals surface area contributed by atoms with E-state index >= 15 is 0 Å². The predicted molar refractivity (Wildman–Crippen MR) is 38.7 cm³/mol. The second-order valence-electron chi connectivity index (χ2n) is 2.00. The van der Waals surface area contributed by atoms with Crippen LogP contribution in [0.25, 0.3) is 0 Å². The van der Waals surface area contributed by atoms with Crippen molar-refractivity contribution in [3.8, 4) is 0 Å². The van der Waals surface area contributed by atoms with E-state index in [-0.39, 0.29) is 11.4 Å². The predicted octanol–water partition coefficient (Wildman–Crippen LogP) is -1.88. The zero-order valence-corrected chi connectivity index (χ0v) is 7.33. The van der Waals surface area contributed by atoms with Crippen LogP contribution in [0.2, 0.25) is 5.79 Å². The van der Waals surface area contributed by atoms with Crippen molar-refractivity contribution in [1.29, 1.82) is 0 Å². The number of rotatable bonds is 1. The Morgan fingerprint density at radius 2 is 2.10 bits per heavy atom. The molecule has 10 heavy (non-hydrogen) atoms. The minimum Gasteiger partial charge on any atom is -0.345 e. The van der Waals surface area contributed by atoms with Gasteiger partial charge in [0.2, 0.25) is 0 Å².